The Kier molecular flexibility index (Phi) is 11.7. The summed E-state index contributed by atoms with van der Waals surface area (Å²) in [6.45, 7) is 27.4. The molecule has 2 nitrogen and oxygen atoms in total. The molecule has 0 atom stereocenters. The lowest BCUT2D eigenvalue weighted by molar-refractivity contribution is 0.591. The van der Waals surface area contributed by atoms with Gasteiger partial charge in [-0.25, -0.2) is 0 Å². The van der Waals surface area contributed by atoms with E-state index in [9.17, 15) is 0 Å². The zero-order chi connectivity index (χ0) is 46.7. The summed E-state index contributed by atoms with van der Waals surface area (Å²) in [7, 11) is 0. The lowest BCUT2D eigenvalue weighted by atomic mass is 9.80. The van der Waals surface area contributed by atoms with Gasteiger partial charge in [0, 0.05) is 33.5 Å². The predicted octanol–water partition coefficient (Wildman–Crippen LogP) is 19.2. The van der Waals surface area contributed by atoms with Crippen LogP contribution in [-0.2, 0) is 10.8 Å². The first-order valence-electron chi connectivity index (χ1n) is 24.0. The maximum Gasteiger partial charge on any atom is 0.0543 e. The van der Waals surface area contributed by atoms with Crippen LogP contribution in [0.5, 0.6) is 0 Å². The van der Waals surface area contributed by atoms with Crippen molar-refractivity contribution in [1.29, 1.82) is 0 Å². The number of hydrogen-bond donors (Lipinski definition) is 0. The average molecular weight is 863 g/mol. The highest BCUT2D eigenvalue weighted by molar-refractivity contribution is 6.21. The summed E-state index contributed by atoms with van der Waals surface area (Å²) in [5.74, 6) is 0.897. The first-order chi connectivity index (χ1) is 31.5. The standard InChI is InChI=1S/C64H66N2/c1-41(2)45-21-30-52(31-22-45)65(50-26-17-43(5)18-27-50)60-36-35-57(55-15-13-14-16-56(55)60)62-54-34-25-48(63(7,8)9)37-47(54)38-58-59(62)39-49(64(10,11)12)40-61(58)66(51-28-19-44(6)20-29-51)53-32-23-46(24-33-53)42(3)4/h13-42H,1-12H3. The fraction of sp³-hybridized carbons (Fsp3) is 0.250. The predicted molar refractivity (Wildman–Crippen MR) is 289 cm³/mol. The Balaban J connectivity index is 1.39. The summed E-state index contributed by atoms with van der Waals surface area (Å²) in [5, 5.41) is 7.41. The molecule has 0 spiro atoms. The van der Waals surface area contributed by atoms with Gasteiger partial charge in [-0.15, -0.1) is 0 Å². The van der Waals surface area contributed by atoms with Crippen LogP contribution < -0.4 is 9.80 Å². The lowest BCUT2D eigenvalue weighted by Crippen LogP contribution is -2.15. The number of fused-ring (bicyclic) bond motifs is 3. The smallest absolute Gasteiger partial charge is 0.0543 e. The highest BCUT2D eigenvalue weighted by atomic mass is 15.1. The zero-order valence-corrected chi connectivity index (χ0v) is 41.2. The first-order valence-corrected chi connectivity index (χ1v) is 24.0. The average Bonchev–Trinajstić information content (AvgIpc) is 3.29. The quantitative estimate of drug-likeness (QED) is 0.133. The number of benzene rings is 9. The summed E-state index contributed by atoms with van der Waals surface area (Å²) in [6, 6.07) is 64.8. The molecule has 0 amide bonds. The fourth-order valence-electron chi connectivity index (χ4n) is 9.54. The second kappa shape index (κ2) is 17.3. The van der Waals surface area contributed by atoms with Crippen molar-refractivity contribution < 1.29 is 0 Å². The van der Waals surface area contributed by atoms with Crippen LogP contribution in [0.4, 0.5) is 34.1 Å². The van der Waals surface area contributed by atoms with Crippen molar-refractivity contribution in [2.24, 2.45) is 0 Å². The molecule has 0 heterocycles. The van der Waals surface area contributed by atoms with Gasteiger partial charge in [0.1, 0.15) is 0 Å². The Labute approximate surface area is 394 Å². The van der Waals surface area contributed by atoms with Crippen LogP contribution in [0, 0.1) is 13.8 Å². The van der Waals surface area contributed by atoms with E-state index in [0.717, 1.165) is 28.4 Å². The van der Waals surface area contributed by atoms with E-state index in [0.29, 0.717) is 11.8 Å². The molecule has 0 aliphatic rings. The fourth-order valence-corrected chi connectivity index (χ4v) is 9.54. The van der Waals surface area contributed by atoms with Gasteiger partial charge >= 0.3 is 0 Å². The number of rotatable bonds is 9. The monoisotopic (exact) mass is 863 g/mol. The highest BCUT2D eigenvalue weighted by Gasteiger charge is 2.26. The SMILES string of the molecule is Cc1ccc(N(c2ccc(C(C)C)cc2)c2ccc(-c3c4ccc(C(C)(C)C)cc4cc4c(N(c5ccc(C)cc5)c5ccc(C(C)C)cc5)cc(C(C)(C)C)cc34)c3ccccc23)cc1. The van der Waals surface area contributed by atoms with Crippen molar-refractivity contribution >= 4 is 66.4 Å². The van der Waals surface area contributed by atoms with Crippen molar-refractivity contribution in [3.63, 3.8) is 0 Å². The van der Waals surface area contributed by atoms with Gasteiger partial charge in [0.25, 0.3) is 0 Å². The molecule has 0 radical (unpaired) electrons. The van der Waals surface area contributed by atoms with Crippen LogP contribution in [0.15, 0.2) is 170 Å². The molecular formula is C64H66N2. The van der Waals surface area contributed by atoms with Crippen molar-refractivity contribution in [2.75, 3.05) is 9.80 Å². The zero-order valence-electron chi connectivity index (χ0n) is 41.2. The van der Waals surface area contributed by atoms with E-state index in [1.165, 1.54) is 82.5 Å². The first kappa shape index (κ1) is 44.6. The molecule has 9 rings (SSSR count). The van der Waals surface area contributed by atoms with E-state index in [2.05, 4.69) is 263 Å². The minimum Gasteiger partial charge on any atom is -0.310 e. The van der Waals surface area contributed by atoms with E-state index < -0.39 is 0 Å². The van der Waals surface area contributed by atoms with Crippen molar-refractivity contribution in [3.05, 3.63) is 203 Å². The maximum atomic E-state index is 2.50. The number of nitrogens with zero attached hydrogens (tertiary/aromatic N) is 2. The van der Waals surface area contributed by atoms with E-state index in [1.807, 2.05) is 0 Å². The normalized spacial score (nSPS) is 12.2. The van der Waals surface area contributed by atoms with E-state index >= 15 is 0 Å². The molecule has 0 aliphatic heterocycles. The molecule has 0 saturated carbocycles. The summed E-state index contributed by atoms with van der Waals surface area (Å²) < 4.78 is 0. The molecule has 0 bridgehead atoms. The molecule has 0 N–H and O–H groups in total. The van der Waals surface area contributed by atoms with Crippen LogP contribution in [0.25, 0.3) is 43.4 Å². The number of hydrogen-bond acceptors (Lipinski definition) is 2. The van der Waals surface area contributed by atoms with Gasteiger partial charge in [-0.1, -0.05) is 177 Å². The number of aryl methyl sites for hydroxylation is 2. The third-order valence-electron chi connectivity index (χ3n) is 13.7. The minimum atomic E-state index is -0.128. The lowest BCUT2D eigenvalue weighted by Gasteiger charge is -2.31. The third kappa shape index (κ3) is 8.51. The van der Waals surface area contributed by atoms with Gasteiger partial charge in [-0.3, -0.25) is 0 Å². The maximum absolute atomic E-state index is 2.50. The Hall–Kier alpha value is -6.64. The molecular weight excluding hydrogens is 797 g/mol. The van der Waals surface area contributed by atoms with Gasteiger partial charge in [0.05, 0.1) is 11.4 Å². The Morgan fingerprint density at radius 1 is 0.364 bits per heavy atom. The Morgan fingerprint density at radius 3 is 1.32 bits per heavy atom. The molecule has 0 aromatic heterocycles. The second-order valence-electron chi connectivity index (χ2n) is 21.3. The van der Waals surface area contributed by atoms with E-state index in [-0.39, 0.29) is 10.8 Å². The molecule has 66 heavy (non-hydrogen) atoms. The van der Waals surface area contributed by atoms with Crippen molar-refractivity contribution in [1.82, 2.24) is 0 Å². The van der Waals surface area contributed by atoms with Crippen LogP contribution in [0.3, 0.4) is 0 Å². The second-order valence-corrected chi connectivity index (χ2v) is 21.3. The number of anilines is 6. The van der Waals surface area contributed by atoms with Crippen molar-refractivity contribution in [3.8, 4) is 11.1 Å². The summed E-state index contributed by atoms with van der Waals surface area (Å²) in [5.41, 5.74) is 17.0. The van der Waals surface area contributed by atoms with Gasteiger partial charge in [-0.05, 0) is 164 Å². The highest BCUT2D eigenvalue weighted by Crippen LogP contribution is 2.50. The van der Waals surface area contributed by atoms with Crippen LogP contribution >= 0.6 is 0 Å². The van der Waals surface area contributed by atoms with Crippen molar-refractivity contribution in [2.45, 2.75) is 106 Å². The minimum absolute atomic E-state index is 0.0184. The van der Waals surface area contributed by atoms with E-state index in [1.54, 1.807) is 0 Å². The van der Waals surface area contributed by atoms with Gasteiger partial charge < -0.3 is 9.80 Å². The largest absolute Gasteiger partial charge is 0.310 e. The molecule has 0 unspecified atom stereocenters. The summed E-state index contributed by atoms with van der Waals surface area (Å²) in [4.78, 5) is 4.93. The van der Waals surface area contributed by atoms with Crippen LogP contribution in [0.2, 0.25) is 0 Å². The molecule has 0 aliphatic carbocycles. The topological polar surface area (TPSA) is 6.48 Å². The molecule has 9 aromatic rings. The van der Waals surface area contributed by atoms with E-state index in [4.69, 9.17) is 0 Å². The van der Waals surface area contributed by atoms with Gasteiger partial charge in [0.2, 0.25) is 0 Å². The molecule has 0 fully saturated rings. The van der Waals surface area contributed by atoms with Gasteiger partial charge in [0.15, 0.2) is 0 Å². The summed E-state index contributed by atoms with van der Waals surface area (Å²) >= 11 is 0. The van der Waals surface area contributed by atoms with Gasteiger partial charge in [-0.2, -0.15) is 0 Å². The Morgan fingerprint density at radius 2 is 0.833 bits per heavy atom. The summed E-state index contributed by atoms with van der Waals surface area (Å²) in [6.07, 6.45) is 0. The van der Waals surface area contributed by atoms with Crippen LogP contribution in [0.1, 0.15) is 114 Å². The molecule has 2 heteroatoms. The Bertz CT molecular complexity index is 3190. The van der Waals surface area contributed by atoms with Crippen LogP contribution in [-0.4, -0.2) is 0 Å². The third-order valence-corrected chi connectivity index (χ3v) is 13.7. The molecule has 9 aromatic carbocycles. The molecule has 332 valence electrons. The molecule has 0 saturated heterocycles.